The predicted octanol–water partition coefficient (Wildman–Crippen LogP) is 2.16. The van der Waals surface area contributed by atoms with Crippen LogP contribution in [0.15, 0.2) is 36.0 Å². The lowest BCUT2D eigenvalue weighted by molar-refractivity contribution is -0.141. The Bertz CT molecular complexity index is 1340. The third-order valence-corrected chi connectivity index (χ3v) is 8.02. The number of nitrogens with zero attached hydrogens (tertiary/aromatic N) is 5. The van der Waals surface area contributed by atoms with Gasteiger partial charge in [-0.25, -0.2) is 9.78 Å². The van der Waals surface area contributed by atoms with Crippen LogP contribution in [-0.2, 0) is 20.8 Å². The van der Waals surface area contributed by atoms with Crippen LogP contribution in [0.4, 0.5) is 10.5 Å². The van der Waals surface area contributed by atoms with E-state index in [1.807, 2.05) is 26.0 Å². The van der Waals surface area contributed by atoms with E-state index in [4.69, 9.17) is 0 Å². The fourth-order valence-electron chi connectivity index (χ4n) is 5.20. The summed E-state index contributed by atoms with van der Waals surface area (Å²) in [6.45, 7) is 4.36. The Hall–Kier alpha value is -3.80. The van der Waals surface area contributed by atoms with Gasteiger partial charge in [-0.3, -0.25) is 29.3 Å². The molecule has 4 heterocycles. The Balaban J connectivity index is 1.33. The van der Waals surface area contributed by atoms with Crippen LogP contribution >= 0.6 is 11.3 Å². The monoisotopic (exact) mass is 523 g/mol. The van der Waals surface area contributed by atoms with Gasteiger partial charge in [-0.1, -0.05) is 13.8 Å². The van der Waals surface area contributed by atoms with Crippen molar-refractivity contribution in [1.82, 2.24) is 30.3 Å². The molecule has 2 aliphatic rings. The highest BCUT2D eigenvalue weighted by Gasteiger charge is 2.58. The molecule has 194 valence electrons. The van der Waals surface area contributed by atoms with Gasteiger partial charge in [0.2, 0.25) is 11.8 Å². The Morgan fingerprint density at radius 3 is 2.65 bits per heavy atom. The van der Waals surface area contributed by atoms with E-state index < -0.39 is 11.6 Å². The van der Waals surface area contributed by atoms with Crippen molar-refractivity contribution in [2.75, 3.05) is 25.0 Å². The van der Waals surface area contributed by atoms with E-state index in [1.165, 1.54) is 18.4 Å². The number of likely N-dealkylation sites (N-methyl/N-ethyl adjacent to an activating group) is 1. The standard InChI is InChI=1S/C25H29N7O4S/c1-15(2)21(28-19(33)13-20-26-8-11-37-20)22(34)31-9-6-25(7-10-31)23(35)30(3)24(36)32(25)17-4-5-18-16(12-17)14-27-29-18/h4-5,8,11-12,14-15,21H,6-7,9-10,13H2,1-3H3,(H,27,29)(H,28,33)/t21-/m1/s1. The summed E-state index contributed by atoms with van der Waals surface area (Å²) in [5, 5.41) is 13.1. The van der Waals surface area contributed by atoms with Crippen molar-refractivity contribution in [2.24, 2.45) is 5.92 Å². The first-order valence-electron chi connectivity index (χ1n) is 12.2. The van der Waals surface area contributed by atoms with E-state index in [-0.39, 0.29) is 36.1 Å². The minimum absolute atomic E-state index is 0.121. The molecule has 11 nitrogen and oxygen atoms in total. The van der Waals surface area contributed by atoms with Crippen LogP contribution < -0.4 is 10.2 Å². The lowest BCUT2D eigenvalue weighted by Crippen LogP contribution is -2.60. The zero-order valence-electron chi connectivity index (χ0n) is 20.9. The molecule has 3 aromatic rings. The predicted molar refractivity (Wildman–Crippen MR) is 138 cm³/mol. The summed E-state index contributed by atoms with van der Waals surface area (Å²) in [6.07, 6.45) is 4.04. The minimum Gasteiger partial charge on any atom is -0.344 e. The van der Waals surface area contributed by atoms with Gasteiger partial charge in [-0.15, -0.1) is 11.3 Å². The smallest absolute Gasteiger partial charge is 0.331 e. The van der Waals surface area contributed by atoms with E-state index in [9.17, 15) is 19.2 Å². The highest BCUT2D eigenvalue weighted by atomic mass is 32.1. The van der Waals surface area contributed by atoms with Crippen molar-refractivity contribution < 1.29 is 19.2 Å². The van der Waals surface area contributed by atoms with Crippen LogP contribution in [0.2, 0.25) is 0 Å². The zero-order valence-corrected chi connectivity index (χ0v) is 21.7. The van der Waals surface area contributed by atoms with Gasteiger partial charge < -0.3 is 10.2 Å². The SMILES string of the molecule is CC(C)[C@@H](NC(=O)Cc1nccs1)C(=O)N1CCC2(CC1)C(=O)N(C)C(=O)N2c1ccc2[nH]ncc2c1. The number of imide groups is 1. The van der Waals surface area contributed by atoms with Gasteiger partial charge in [0.15, 0.2) is 0 Å². The zero-order chi connectivity index (χ0) is 26.3. The summed E-state index contributed by atoms with van der Waals surface area (Å²) in [7, 11) is 1.49. The molecule has 5 rings (SSSR count). The molecule has 2 aromatic heterocycles. The number of amides is 5. The van der Waals surface area contributed by atoms with Gasteiger partial charge in [-0.05, 0) is 37.0 Å². The van der Waals surface area contributed by atoms with Gasteiger partial charge in [0.05, 0.1) is 18.1 Å². The Labute approximate surface area is 217 Å². The van der Waals surface area contributed by atoms with Crippen molar-refractivity contribution >= 4 is 51.7 Å². The second kappa shape index (κ2) is 9.58. The maximum atomic E-state index is 13.5. The number of H-pyrrole nitrogens is 1. The third-order valence-electron chi connectivity index (χ3n) is 7.24. The number of hydrogen-bond acceptors (Lipinski definition) is 7. The van der Waals surface area contributed by atoms with Crippen LogP contribution in [0, 0.1) is 5.92 Å². The number of thiazole rings is 1. The quantitative estimate of drug-likeness (QED) is 0.476. The molecule has 1 spiro atoms. The fourth-order valence-corrected chi connectivity index (χ4v) is 5.82. The molecule has 0 saturated carbocycles. The second-order valence-electron chi connectivity index (χ2n) is 9.87. The number of carbonyl (C=O) groups is 4. The number of aromatic amines is 1. The average Bonchev–Trinajstić information content (AvgIpc) is 3.60. The molecule has 12 heteroatoms. The Morgan fingerprint density at radius 2 is 1.97 bits per heavy atom. The van der Waals surface area contributed by atoms with Gasteiger partial charge >= 0.3 is 6.03 Å². The molecule has 37 heavy (non-hydrogen) atoms. The maximum absolute atomic E-state index is 13.5. The molecule has 0 unspecified atom stereocenters. The van der Waals surface area contributed by atoms with Crippen LogP contribution in [0.5, 0.6) is 0 Å². The van der Waals surface area contributed by atoms with Crippen LogP contribution in [0.3, 0.4) is 0 Å². The number of aromatic nitrogens is 3. The molecule has 0 radical (unpaired) electrons. The number of nitrogens with one attached hydrogen (secondary N) is 2. The first-order chi connectivity index (χ1) is 17.7. The van der Waals surface area contributed by atoms with E-state index >= 15 is 0 Å². The third kappa shape index (κ3) is 4.35. The number of carbonyl (C=O) groups excluding carboxylic acids is 4. The summed E-state index contributed by atoms with van der Waals surface area (Å²) >= 11 is 1.39. The highest BCUT2D eigenvalue weighted by Crippen LogP contribution is 2.41. The molecule has 0 bridgehead atoms. The van der Waals surface area contributed by atoms with Crippen molar-refractivity contribution in [3.8, 4) is 0 Å². The average molecular weight is 524 g/mol. The van der Waals surface area contributed by atoms with Crippen molar-refractivity contribution in [3.05, 3.63) is 41.0 Å². The van der Waals surface area contributed by atoms with Crippen LogP contribution in [-0.4, -0.2) is 80.5 Å². The molecule has 2 N–H and O–H groups in total. The largest absolute Gasteiger partial charge is 0.344 e. The topological polar surface area (TPSA) is 132 Å². The van der Waals surface area contributed by atoms with E-state index in [0.717, 1.165) is 15.8 Å². The van der Waals surface area contributed by atoms with Crippen molar-refractivity contribution in [3.63, 3.8) is 0 Å². The molecular weight excluding hydrogens is 494 g/mol. The first kappa shape index (κ1) is 24.9. The lowest BCUT2D eigenvalue weighted by atomic mass is 9.85. The molecule has 2 aliphatic heterocycles. The number of hydrogen-bond donors (Lipinski definition) is 2. The molecule has 2 fully saturated rings. The molecule has 5 amide bonds. The molecule has 0 aliphatic carbocycles. The fraction of sp³-hybridized carbons (Fsp3) is 0.440. The Morgan fingerprint density at radius 1 is 1.22 bits per heavy atom. The van der Waals surface area contributed by atoms with Crippen LogP contribution in [0.25, 0.3) is 10.9 Å². The summed E-state index contributed by atoms with van der Waals surface area (Å²) in [6, 6.07) is 4.40. The Kier molecular flexibility index (Phi) is 6.44. The first-order valence-corrected chi connectivity index (χ1v) is 13.1. The number of benzene rings is 1. The molecule has 2 saturated heterocycles. The summed E-state index contributed by atoms with van der Waals surface area (Å²) < 4.78 is 0. The van der Waals surface area contributed by atoms with Gasteiger partial charge in [0.1, 0.15) is 16.6 Å². The number of likely N-dealkylation sites (tertiary alicyclic amines) is 1. The van der Waals surface area contributed by atoms with Crippen molar-refractivity contribution in [2.45, 2.75) is 44.7 Å². The number of urea groups is 1. The highest BCUT2D eigenvalue weighted by molar-refractivity contribution is 7.09. The number of fused-ring (bicyclic) bond motifs is 1. The summed E-state index contributed by atoms with van der Waals surface area (Å²) in [4.78, 5) is 61.2. The van der Waals surface area contributed by atoms with E-state index in [0.29, 0.717) is 36.6 Å². The normalized spacial score (nSPS) is 18.3. The molecule has 1 atom stereocenters. The van der Waals surface area contributed by atoms with Crippen LogP contribution in [0.1, 0.15) is 31.7 Å². The van der Waals surface area contributed by atoms with Gasteiger partial charge in [-0.2, -0.15) is 5.10 Å². The molecular formula is C25H29N7O4S. The van der Waals surface area contributed by atoms with E-state index in [2.05, 4.69) is 20.5 Å². The summed E-state index contributed by atoms with van der Waals surface area (Å²) in [5.74, 6) is -0.833. The number of piperidine rings is 1. The van der Waals surface area contributed by atoms with Gasteiger partial charge in [0.25, 0.3) is 5.91 Å². The summed E-state index contributed by atoms with van der Waals surface area (Å²) in [5.41, 5.74) is 0.383. The van der Waals surface area contributed by atoms with Crippen molar-refractivity contribution in [1.29, 1.82) is 0 Å². The maximum Gasteiger partial charge on any atom is 0.331 e. The molecule has 1 aromatic carbocycles. The minimum atomic E-state index is -1.07. The lowest BCUT2D eigenvalue weighted by Gasteiger charge is -2.43. The van der Waals surface area contributed by atoms with E-state index in [1.54, 1.807) is 33.6 Å². The number of anilines is 1. The second-order valence-corrected chi connectivity index (χ2v) is 10.9. The number of rotatable bonds is 6. The van der Waals surface area contributed by atoms with Gasteiger partial charge in [0, 0.05) is 42.8 Å².